The second kappa shape index (κ2) is 6.37. The molecule has 24 heavy (non-hydrogen) atoms. The summed E-state index contributed by atoms with van der Waals surface area (Å²) in [6.07, 6.45) is 0. The molecule has 1 N–H and O–H groups in total. The molecule has 0 fully saturated rings. The molecule has 4 rings (SSSR count). The smallest absolute Gasteiger partial charge is 0.220 e. The van der Waals surface area contributed by atoms with Gasteiger partial charge in [0.05, 0.1) is 20.6 Å². The molecule has 5 heteroatoms. The number of nitrogens with one attached hydrogen (secondary N) is 1. The molecule has 2 heterocycles. The standard InChI is InChI=1S/C19H15NO3S/c21-24-16-10-5-4-9-15(16)19-17(24)11-6-12-18(20-23-19)22-13-14-7-2-1-3-8-14/h1-12,20H,13H2. The molecule has 2 aromatic carbocycles. The maximum Gasteiger partial charge on any atom is 0.220 e. The van der Waals surface area contributed by atoms with Gasteiger partial charge < -0.3 is 9.26 Å². The van der Waals surface area contributed by atoms with Gasteiger partial charge >= 0.3 is 0 Å². The quantitative estimate of drug-likeness (QED) is 0.600. The number of aromatic amines is 1. The number of aromatic nitrogens is 1. The molecule has 0 amide bonds. The number of hydrogen-bond acceptors (Lipinski definition) is 3. The molecule has 1 aliphatic rings. The van der Waals surface area contributed by atoms with Gasteiger partial charge in [-0.05, 0) is 23.8 Å². The molecule has 1 aromatic heterocycles. The Labute approximate surface area is 141 Å². The first kappa shape index (κ1) is 14.8. The van der Waals surface area contributed by atoms with Crippen LogP contribution in [0.4, 0.5) is 0 Å². The predicted octanol–water partition coefficient (Wildman–Crippen LogP) is 4.46. The summed E-state index contributed by atoms with van der Waals surface area (Å²) in [7, 11) is -1.22. The molecule has 0 saturated carbocycles. The Morgan fingerprint density at radius 3 is 2.50 bits per heavy atom. The van der Waals surface area contributed by atoms with Crippen molar-refractivity contribution in [2.45, 2.75) is 16.4 Å². The van der Waals surface area contributed by atoms with E-state index in [1.54, 1.807) is 12.1 Å². The van der Waals surface area contributed by atoms with E-state index in [2.05, 4.69) is 5.16 Å². The normalized spacial score (nSPS) is 14.6. The fourth-order valence-electron chi connectivity index (χ4n) is 2.57. The Morgan fingerprint density at radius 1 is 0.875 bits per heavy atom. The van der Waals surface area contributed by atoms with Gasteiger partial charge in [-0.3, -0.25) is 0 Å². The van der Waals surface area contributed by atoms with Gasteiger partial charge in [0.1, 0.15) is 6.61 Å². The minimum Gasteiger partial charge on any atom is -0.472 e. The topological polar surface area (TPSA) is 55.2 Å². The van der Waals surface area contributed by atoms with Gasteiger partial charge in [0, 0.05) is 11.6 Å². The average molecular weight is 337 g/mol. The van der Waals surface area contributed by atoms with Gasteiger partial charge in [0.2, 0.25) is 5.88 Å². The minimum atomic E-state index is -1.22. The van der Waals surface area contributed by atoms with E-state index in [1.807, 2.05) is 60.7 Å². The van der Waals surface area contributed by atoms with Crippen LogP contribution in [0.15, 0.2) is 87.1 Å². The van der Waals surface area contributed by atoms with Crippen molar-refractivity contribution in [1.82, 2.24) is 5.16 Å². The molecule has 120 valence electrons. The minimum absolute atomic E-state index is 0.436. The molecule has 0 saturated heterocycles. The van der Waals surface area contributed by atoms with Gasteiger partial charge in [0.25, 0.3) is 0 Å². The lowest BCUT2D eigenvalue weighted by Gasteiger charge is -2.05. The van der Waals surface area contributed by atoms with Crippen LogP contribution >= 0.6 is 0 Å². The van der Waals surface area contributed by atoms with E-state index < -0.39 is 10.8 Å². The van der Waals surface area contributed by atoms with Crippen LogP contribution in [0.1, 0.15) is 5.56 Å². The van der Waals surface area contributed by atoms with Gasteiger partial charge in [-0.1, -0.05) is 48.5 Å². The van der Waals surface area contributed by atoms with Crippen LogP contribution in [0.5, 0.6) is 5.88 Å². The molecule has 1 aliphatic heterocycles. The highest BCUT2D eigenvalue weighted by atomic mass is 32.2. The summed E-state index contributed by atoms with van der Waals surface area (Å²) >= 11 is 0. The number of rotatable bonds is 3. The van der Waals surface area contributed by atoms with Gasteiger partial charge in [0.15, 0.2) is 5.76 Å². The molecule has 1 atom stereocenters. The first-order chi connectivity index (χ1) is 11.8. The van der Waals surface area contributed by atoms with Crippen molar-refractivity contribution >= 4 is 10.8 Å². The predicted molar refractivity (Wildman–Crippen MR) is 91.6 cm³/mol. The SMILES string of the molecule is O=S1c2ccccc2-c2o[nH]c(OCc3ccccc3)cccc21. The van der Waals surface area contributed by atoms with E-state index >= 15 is 0 Å². The van der Waals surface area contributed by atoms with E-state index in [1.165, 1.54) is 0 Å². The summed E-state index contributed by atoms with van der Waals surface area (Å²) in [5, 5.41) is 2.82. The molecule has 0 spiro atoms. The first-order valence-corrected chi connectivity index (χ1v) is 8.71. The average Bonchev–Trinajstić information content (AvgIpc) is 2.87. The van der Waals surface area contributed by atoms with Crippen LogP contribution in [0, 0.1) is 0 Å². The summed E-state index contributed by atoms with van der Waals surface area (Å²) in [6, 6.07) is 22.8. The number of benzene rings is 2. The first-order valence-electron chi connectivity index (χ1n) is 7.56. The molecule has 4 nitrogen and oxygen atoms in total. The van der Waals surface area contributed by atoms with Gasteiger partial charge in [-0.2, -0.15) is 5.16 Å². The summed E-state index contributed by atoms with van der Waals surface area (Å²) in [4.78, 5) is 1.42. The molecule has 3 aromatic rings. The summed E-state index contributed by atoms with van der Waals surface area (Å²) in [5.41, 5.74) is 1.91. The lowest BCUT2D eigenvalue weighted by Crippen LogP contribution is -1.96. The molecular formula is C19H15NO3S. The largest absolute Gasteiger partial charge is 0.472 e. The fourth-order valence-corrected chi connectivity index (χ4v) is 3.89. The van der Waals surface area contributed by atoms with Crippen LogP contribution in [-0.4, -0.2) is 9.37 Å². The van der Waals surface area contributed by atoms with Crippen molar-refractivity contribution in [3.63, 3.8) is 0 Å². The van der Waals surface area contributed by atoms with Gasteiger partial charge in [-0.25, -0.2) is 4.21 Å². The van der Waals surface area contributed by atoms with Crippen LogP contribution < -0.4 is 4.74 Å². The lowest BCUT2D eigenvalue weighted by atomic mass is 10.2. The third-order valence-electron chi connectivity index (χ3n) is 3.74. The van der Waals surface area contributed by atoms with Crippen molar-refractivity contribution in [1.29, 1.82) is 0 Å². The zero-order valence-electron chi connectivity index (χ0n) is 12.8. The molecule has 0 radical (unpaired) electrons. The van der Waals surface area contributed by atoms with Crippen molar-refractivity contribution < 1.29 is 13.5 Å². The fraction of sp³-hybridized carbons (Fsp3) is 0.0526. The summed E-state index contributed by atoms with van der Waals surface area (Å²) in [5.74, 6) is 1.07. The Hall–Kier alpha value is -2.79. The van der Waals surface area contributed by atoms with Crippen molar-refractivity contribution in [2.75, 3.05) is 0 Å². The van der Waals surface area contributed by atoms with E-state index in [0.29, 0.717) is 23.1 Å². The Balaban J connectivity index is 1.67. The second-order valence-corrected chi connectivity index (χ2v) is 6.74. The number of fused-ring (bicyclic) bond motifs is 3. The van der Waals surface area contributed by atoms with Gasteiger partial charge in [-0.15, -0.1) is 0 Å². The summed E-state index contributed by atoms with van der Waals surface area (Å²) < 4.78 is 24.0. The maximum absolute atomic E-state index is 12.5. The number of ether oxygens (including phenoxy) is 1. The van der Waals surface area contributed by atoms with Crippen LogP contribution in [0.25, 0.3) is 11.3 Å². The molecule has 0 bridgehead atoms. The number of hydrogen-bond donors (Lipinski definition) is 1. The zero-order chi connectivity index (χ0) is 16.4. The van der Waals surface area contributed by atoms with Crippen molar-refractivity contribution in [3.05, 3.63) is 78.4 Å². The highest BCUT2D eigenvalue weighted by molar-refractivity contribution is 7.85. The van der Waals surface area contributed by atoms with Crippen LogP contribution in [0.3, 0.4) is 0 Å². The van der Waals surface area contributed by atoms with E-state index in [4.69, 9.17) is 9.26 Å². The second-order valence-electron chi connectivity index (χ2n) is 5.33. The van der Waals surface area contributed by atoms with E-state index in [9.17, 15) is 4.21 Å². The van der Waals surface area contributed by atoms with E-state index in [-0.39, 0.29) is 0 Å². The third-order valence-corrected chi connectivity index (χ3v) is 5.22. The third kappa shape index (κ3) is 2.74. The lowest BCUT2D eigenvalue weighted by molar-refractivity contribution is 0.258. The molecular weight excluding hydrogens is 322 g/mol. The Kier molecular flexibility index (Phi) is 3.92. The molecule has 0 aliphatic carbocycles. The Bertz CT molecular complexity index is 942. The maximum atomic E-state index is 12.5. The van der Waals surface area contributed by atoms with Crippen molar-refractivity contribution in [3.8, 4) is 17.2 Å². The molecule has 1 unspecified atom stereocenters. The Morgan fingerprint density at radius 2 is 1.62 bits per heavy atom. The van der Waals surface area contributed by atoms with Crippen LogP contribution in [-0.2, 0) is 17.4 Å². The monoisotopic (exact) mass is 337 g/mol. The summed E-state index contributed by atoms with van der Waals surface area (Å²) in [6.45, 7) is 0.436. The zero-order valence-corrected chi connectivity index (χ0v) is 13.6. The highest BCUT2D eigenvalue weighted by Crippen LogP contribution is 2.39. The van der Waals surface area contributed by atoms with Crippen LogP contribution in [0.2, 0.25) is 0 Å². The number of H-pyrrole nitrogens is 1. The van der Waals surface area contributed by atoms with Crippen molar-refractivity contribution in [2.24, 2.45) is 0 Å². The van der Waals surface area contributed by atoms with E-state index in [0.717, 1.165) is 16.0 Å². The highest BCUT2D eigenvalue weighted by Gasteiger charge is 2.26.